The predicted octanol–water partition coefficient (Wildman–Crippen LogP) is 1.88. The second-order valence-electron chi connectivity index (χ2n) is 2.46. The molecule has 6 heteroatoms. The van der Waals surface area contributed by atoms with E-state index in [9.17, 15) is 8.78 Å². The molecule has 0 amide bonds. The molecule has 0 saturated heterocycles. The fraction of sp³-hybridized carbons (Fsp3) is 1.00. The van der Waals surface area contributed by atoms with E-state index in [-0.39, 0.29) is 6.54 Å². The molecular weight excluding hydrogens is 166 g/mol. The van der Waals surface area contributed by atoms with E-state index in [0.29, 0.717) is 19.5 Å². The average Bonchev–Trinajstić information content (AvgIpc) is 1.97. The average molecular weight is 178 g/mol. The zero-order valence-corrected chi connectivity index (χ0v) is 6.95. The summed E-state index contributed by atoms with van der Waals surface area (Å²) in [5.41, 5.74) is 7.90. The van der Waals surface area contributed by atoms with Crippen LogP contribution in [0.15, 0.2) is 5.11 Å². The molecule has 0 atom stereocenters. The van der Waals surface area contributed by atoms with Crippen molar-refractivity contribution >= 4 is 0 Å². The Kier molecular flexibility index (Phi) is 6.32. The van der Waals surface area contributed by atoms with Crippen LogP contribution in [0, 0.1) is 0 Å². The Hall–Kier alpha value is -0.870. The van der Waals surface area contributed by atoms with Crippen molar-refractivity contribution in [3.8, 4) is 0 Å². The highest BCUT2D eigenvalue weighted by molar-refractivity contribution is 4.55. The first-order chi connectivity index (χ1) is 5.66. The lowest BCUT2D eigenvalue weighted by Gasteiger charge is -2.14. The lowest BCUT2D eigenvalue weighted by molar-refractivity contribution is 0.100. The molecule has 70 valence electrons. The van der Waals surface area contributed by atoms with Crippen molar-refractivity contribution in [1.82, 2.24) is 4.90 Å². The first-order valence-electron chi connectivity index (χ1n) is 3.64. The van der Waals surface area contributed by atoms with E-state index < -0.39 is 6.43 Å². The summed E-state index contributed by atoms with van der Waals surface area (Å²) in [6.07, 6.45) is -1.68. The van der Waals surface area contributed by atoms with E-state index in [1.807, 2.05) is 0 Å². The SMILES string of the molecule is CN(CCCN=[N+]=[N-])CC(F)F. The third-order valence-corrected chi connectivity index (χ3v) is 1.31. The highest BCUT2D eigenvalue weighted by Crippen LogP contribution is 1.96. The normalized spacial score (nSPS) is 10.4. The number of azide groups is 1. The quantitative estimate of drug-likeness (QED) is 0.265. The van der Waals surface area contributed by atoms with Crippen LogP contribution in [-0.4, -0.2) is 38.0 Å². The standard InChI is InChI=1S/C6H12F2N4/c1-12(5-6(7)8)4-2-3-10-11-9/h6H,2-5H2,1H3. The zero-order valence-electron chi connectivity index (χ0n) is 6.95. The van der Waals surface area contributed by atoms with E-state index in [1.165, 1.54) is 4.90 Å². The molecule has 0 rings (SSSR count). The summed E-state index contributed by atoms with van der Waals surface area (Å²) in [7, 11) is 1.61. The highest BCUT2D eigenvalue weighted by atomic mass is 19.3. The van der Waals surface area contributed by atoms with Crippen molar-refractivity contribution < 1.29 is 8.78 Å². The summed E-state index contributed by atoms with van der Waals surface area (Å²) in [6.45, 7) is 0.670. The van der Waals surface area contributed by atoms with E-state index in [0.717, 1.165) is 0 Å². The Labute approximate surface area is 69.8 Å². The molecule has 0 aliphatic rings. The lowest BCUT2D eigenvalue weighted by atomic mass is 10.4. The zero-order chi connectivity index (χ0) is 9.40. The maximum atomic E-state index is 11.7. The molecule has 0 aromatic heterocycles. The van der Waals surface area contributed by atoms with Crippen LogP contribution in [-0.2, 0) is 0 Å². The minimum atomic E-state index is -2.30. The summed E-state index contributed by atoms with van der Waals surface area (Å²) in [5, 5.41) is 3.29. The van der Waals surface area contributed by atoms with Gasteiger partial charge in [-0.3, -0.25) is 0 Å². The van der Waals surface area contributed by atoms with Gasteiger partial charge in [0.05, 0.1) is 6.54 Å². The Morgan fingerprint density at radius 2 is 2.25 bits per heavy atom. The van der Waals surface area contributed by atoms with Gasteiger partial charge in [0.1, 0.15) is 0 Å². The number of nitrogens with zero attached hydrogens (tertiary/aromatic N) is 4. The predicted molar refractivity (Wildman–Crippen MR) is 42.1 cm³/mol. The molecule has 0 bridgehead atoms. The molecule has 12 heavy (non-hydrogen) atoms. The van der Waals surface area contributed by atoms with Crippen molar-refractivity contribution in [2.75, 3.05) is 26.7 Å². The van der Waals surface area contributed by atoms with Gasteiger partial charge in [-0.15, -0.1) is 0 Å². The fourth-order valence-electron chi connectivity index (χ4n) is 0.783. The summed E-state index contributed by atoms with van der Waals surface area (Å²) in [4.78, 5) is 4.06. The van der Waals surface area contributed by atoms with Gasteiger partial charge in [0.2, 0.25) is 0 Å². The molecular formula is C6H12F2N4. The number of alkyl halides is 2. The van der Waals surface area contributed by atoms with Gasteiger partial charge in [0.15, 0.2) is 0 Å². The van der Waals surface area contributed by atoms with Crippen molar-refractivity contribution in [1.29, 1.82) is 0 Å². The molecule has 0 aliphatic heterocycles. The first-order valence-corrected chi connectivity index (χ1v) is 3.64. The monoisotopic (exact) mass is 178 g/mol. The van der Waals surface area contributed by atoms with E-state index >= 15 is 0 Å². The minimum absolute atomic E-state index is 0.226. The van der Waals surface area contributed by atoms with Gasteiger partial charge in [0.25, 0.3) is 6.43 Å². The largest absolute Gasteiger partial charge is 0.301 e. The molecule has 0 N–H and O–H groups in total. The van der Waals surface area contributed by atoms with Crippen LogP contribution in [0.5, 0.6) is 0 Å². The Balaban J connectivity index is 3.30. The van der Waals surface area contributed by atoms with Crippen LogP contribution in [0.25, 0.3) is 10.4 Å². The summed E-state index contributed by atoms with van der Waals surface area (Å²) >= 11 is 0. The highest BCUT2D eigenvalue weighted by Gasteiger charge is 2.05. The van der Waals surface area contributed by atoms with Gasteiger partial charge < -0.3 is 4.90 Å². The molecule has 0 saturated carbocycles. The number of halogens is 2. The van der Waals surface area contributed by atoms with Crippen LogP contribution in [0.2, 0.25) is 0 Å². The number of hydrogen-bond acceptors (Lipinski definition) is 2. The third kappa shape index (κ3) is 7.24. The Bertz CT molecular complexity index is 156. The van der Waals surface area contributed by atoms with Crippen LogP contribution in [0.3, 0.4) is 0 Å². The summed E-state index contributed by atoms with van der Waals surface area (Å²) in [6, 6.07) is 0. The molecule has 0 aromatic carbocycles. The van der Waals surface area contributed by atoms with Gasteiger partial charge in [-0.2, -0.15) is 0 Å². The number of hydrogen-bond donors (Lipinski definition) is 0. The summed E-state index contributed by atoms with van der Waals surface area (Å²) in [5.74, 6) is 0. The van der Waals surface area contributed by atoms with Gasteiger partial charge in [-0.1, -0.05) is 5.11 Å². The molecule has 0 aliphatic carbocycles. The topological polar surface area (TPSA) is 52.0 Å². The molecule has 0 unspecified atom stereocenters. The third-order valence-electron chi connectivity index (χ3n) is 1.31. The second-order valence-corrected chi connectivity index (χ2v) is 2.46. The molecule has 0 fully saturated rings. The minimum Gasteiger partial charge on any atom is -0.301 e. The molecule has 0 spiro atoms. The van der Waals surface area contributed by atoms with Gasteiger partial charge in [-0.25, -0.2) is 8.78 Å². The van der Waals surface area contributed by atoms with Crippen LogP contribution >= 0.6 is 0 Å². The Morgan fingerprint density at radius 3 is 2.75 bits per heavy atom. The second kappa shape index (κ2) is 6.82. The maximum absolute atomic E-state index is 11.7. The van der Waals surface area contributed by atoms with E-state index in [1.54, 1.807) is 7.05 Å². The smallest absolute Gasteiger partial charge is 0.251 e. The van der Waals surface area contributed by atoms with Crippen molar-refractivity contribution in [3.05, 3.63) is 10.4 Å². The molecule has 0 aromatic rings. The van der Waals surface area contributed by atoms with Gasteiger partial charge in [-0.05, 0) is 25.5 Å². The van der Waals surface area contributed by atoms with Gasteiger partial charge >= 0.3 is 0 Å². The molecule has 0 heterocycles. The van der Waals surface area contributed by atoms with Crippen LogP contribution in [0.1, 0.15) is 6.42 Å². The van der Waals surface area contributed by atoms with Gasteiger partial charge in [0, 0.05) is 11.5 Å². The molecule has 4 nitrogen and oxygen atoms in total. The summed E-state index contributed by atoms with van der Waals surface area (Å²) < 4.78 is 23.5. The van der Waals surface area contributed by atoms with Crippen molar-refractivity contribution in [3.63, 3.8) is 0 Å². The first kappa shape index (κ1) is 11.1. The van der Waals surface area contributed by atoms with Crippen molar-refractivity contribution in [2.45, 2.75) is 12.8 Å². The Morgan fingerprint density at radius 1 is 1.58 bits per heavy atom. The maximum Gasteiger partial charge on any atom is 0.251 e. The fourth-order valence-corrected chi connectivity index (χ4v) is 0.783. The van der Waals surface area contributed by atoms with Crippen LogP contribution < -0.4 is 0 Å². The lowest BCUT2D eigenvalue weighted by Crippen LogP contribution is -2.25. The van der Waals surface area contributed by atoms with E-state index in [2.05, 4.69) is 10.0 Å². The van der Waals surface area contributed by atoms with Crippen molar-refractivity contribution in [2.24, 2.45) is 5.11 Å². The van der Waals surface area contributed by atoms with Crippen LogP contribution in [0.4, 0.5) is 8.78 Å². The molecule has 0 radical (unpaired) electrons. The number of rotatable bonds is 6. The van der Waals surface area contributed by atoms with E-state index in [4.69, 9.17) is 5.53 Å².